The Labute approximate surface area is 195 Å². The zero-order chi connectivity index (χ0) is 21.1. The third-order valence-electron chi connectivity index (χ3n) is 4.85. The molecule has 0 unspecified atom stereocenters. The lowest BCUT2D eigenvalue weighted by Crippen LogP contribution is -2.07. The summed E-state index contributed by atoms with van der Waals surface area (Å²) < 4.78 is 4.14. The molecule has 154 valence electrons. The van der Waals surface area contributed by atoms with Gasteiger partial charge >= 0.3 is 0 Å². The lowest BCUT2D eigenvalue weighted by atomic mass is 10.1. The molecule has 0 saturated carbocycles. The van der Waals surface area contributed by atoms with E-state index in [4.69, 9.17) is 46.4 Å². The largest absolute Gasteiger partial charge is 0.328 e. The maximum atomic E-state index is 6.35. The normalized spacial score (nSPS) is 11.2. The summed E-state index contributed by atoms with van der Waals surface area (Å²) in [7, 11) is 0. The van der Waals surface area contributed by atoms with Crippen molar-refractivity contribution in [3.63, 3.8) is 0 Å². The van der Waals surface area contributed by atoms with Crippen molar-refractivity contribution in [1.29, 1.82) is 0 Å². The minimum Gasteiger partial charge on any atom is -0.328 e. The molecule has 0 aliphatic rings. The van der Waals surface area contributed by atoms with Crippen LogP contribution in [0.25, 0.3) is 11.6 Å². The van der Waals surface area contributed by atoms with Crippen molar-refractivity contribution in [3.8, 4) is 11.6 Å². The number of benzene rings is 2. The highest BCUT2D eigenvalue weighted by atomic mass is 35.5. The van der Waals surface area contributed by atoms with Gasteiger partial charge in [0, 0.05) is 51.4 Å². The fraction of sp³-hybridized carbons (Fsp3) is 0.182. The van der Waals surface area contributed by atoms with Crippen LogP contribution in [0, 0.1) is 0 Å². The Hall–Kier alpha value is -1.98. The van der Waals surface area contributed by atoms with E-state index in [0.717, 1.165) is 42.2 Å². The van der Waals surface area contributed by atoms with Crippen LogP contribution in [-0.2, 0) is 19.5 Å². The number of imidazole rings is 2. The van der Waals surface area contributed by atoms with Crippen molar-refractivity contribution in [2.45, 2.75) is 25.9 Å². The fourth-order valence-corrected chi connectivity index (χ4v) is 4.31. The molecule has 0 aliphatic heterocycles. The Morgan fingerprint density at radius 1 is 0.700 bits per heavy atom. The van der Waals surface area contributed by atoms with Gasteiger partial charge in [0.15, 0.2) is 11.6 Å². The third kappa shape index (κ3) is 4.84. The van der Waals surface area contributed by atoms with Crippen LogP contribution < -0.4 is 0 Å². The Morgan fingerprint density at radius 2 is 1.27 bits per heavy atom. The number of nitrogens with zero attached hydrogens (tertiary/aromatic N) is 4. The molecular weight excluding hydrogens is 462 g/mol. The molecule has 4 rings (SSSR count). The molecule has 2 aromatic heterocycles. The van der Waals surface area contributed by atoms with Crippen LogP contribution in [0.4, 0.5) is 0 Å². The molecule has 2 heterocycles. The van der Waals surface area contributed by atoms with Gasteiger partial charge in [-0.3, -0.25) is 0 Å². The van der Waals surface area contributed by atoms with Gasteiger partial charge in [0.25, 0.3) is 0 Å². The van der Waals surface area contributed by atoms with Gasteiger partial charge in [0.05, 0.1) is 6.54 Å². The smallest absolute Gasteiger partial charge is 0.176 e. The van der Waals surface area contributed by atoms with Crippen molar-refractivity contribution in [2.75, 3.05) is 0 Å². The second-order valence-electron chi connectivity index (χ2n) is 6.90. The molecule has 0 atom stereocenters. The summed E-state index contributed by atoms with van der Waals surface area (Å²) in [5.41, 5.74) is 2.05. The Morgan fingerprint density at radius 3 is 1.90 bits per heavy atom. The zero-order valence-electron chi connectivity index (χ0n) is 15.9. The van der Waals surface area contributed by atoms with E-state index in [-0.39, 0.29) is 0 Å². The number of rotatable bonds is 7. The minimum absolute atomic E-state index is 0.582. The van der Waals surface area contributed by atoms with Crippen molar-refractivity contribution >= 4 is 46.4 Å². The first-order valence-corrected chi connectivity index (χ1v) is 10.9. The number of aromatic nitrogens is 4. The van der Waals surface area contributed by atoms with E-state index in [1.54, 1.807) is 24.5 Å². The molecule has 2 aromatic carbocycles. The Kier molecular flexibility index (Phi) is 6.69. The van der Waals surface area contributed by atoms with E-state index in [1.165, 1.54) is 0 Å². The SMILES string of the molecule is Clc1ccc(CCCn2ccnc2-c2nccn2Cc2ccc(Cl)cc2Cl)c(Cl)c1. The number of halogens is 4. The van der Waals surface area contributed by atoms with Crippen LogP contribution >= 0.6 is 46.4 Å². The first-order chi connectivity index (χ1) is 14.5. The standard InChI is InChI=1S/C22H18Cl4N4/c23-17-5-3-15(19(25)12-17)2-1-9-29-10-7-27-21(29)22-28-8-11-30(22)14-16-4-6-18(24)13-20(16)26/h3-8,10-13H,1-2,9,14H2. The van der Waals surface area contributed by atoms with Crippen LogP contribution in [-0.4, -0.2) is 19.1 Å². The molecular formula is C22H18Cl4N4. The summed E-state index contributed by atoms with van der Waals surface area (Å²) in [4.78, 5) is 9.06. The molecule has 4 aromatic rings. The summed E-state index contributed by atoms with van der Waals surface area (Å²) in [5, 5.41) is 2.59. The minimum atomic E-state index is 0.582. The molecule has 0 radical (unpaired) electrons. The summed E-state index contributed by atoms with van der Waals surface area (Å²) in [6.07, 6.45) is 9.21. The van der Waals surface area contributed by atoms with Gasteiger partial charge < -0.3 is 9.13 Å². The van der Waals surface area contributed by atoms with Crippen LogP contribution in [0.1, 0.15) is 17.5 Å². The molecule has 0 amide bonds. The van der Waals surface area contributed by atoms with E-state index in [2.05, 4.69) is 14.5 Å². The Balaban J connectivity index is 1.49. The second-order valence-corrected chi connectivity index (χ2v) is 8.59. The summed E-state index contributed by atoms with van der Waals surface area (Å²) in [6.45, 7) is 1.38. The average molecular weight is 480 g/mol. The zero-order valence-corrected chi connectivity index (χ0v) is 18.9. The maximum absolute atomic E-state index is 6.35. The van der Waals surface area contributed by atoms with Crippen molar-refractivity contribution < 1.29 is 0 Å². The summed E-state index contributed by atoms with van der Waals surface area (Å²) in [5.74, 6) is 1.60. The van der Waals surface area contributed by atoms with Crippen molar-refractivity contribution in [2.24, 2.45) is 0 Å². The fourth-order valence-electron chi connectivity index (χ4n) is 3.34. The van der Waals surface area contributed by atoms with Gasteiger partial charge in [-0.25, -0.2) is 9.97 Å². The summed E-state index contributed by atoms with van der Waals surface area (Å²) in [6, 6.07) is 11.1. The topological polar surface area (TPSA) is 35.6 Å². The van der Waals surface area contributed by atoms with Gasteiger partial charge in [0.1, 0.15) is 0 Å². The van der Waals surface area contributed by atoms with E-state index in [9.17, 15) is 0 Å². The van der Waals surface area contributed by atoms with E-state index < -0.39 is 0 Å². The molecule has 0 aliphatic carbocycles. The first-order valence-electron chi connectivity index (χ1n) is 9.42. The third-order valence-corrected chi connectivity index (χ3v) is 6.02. The van der Waals surface area contributed by atoms with Crippen LogP contribution in [0.2, 0.25) is 20.1 Å². The average Bonchev–Trinajstić information content (AvgIpc) is 3.34. The van der Waals surface area contributed by atoms with E-state index in [0.29, 0.717) is 26.6 Å². The maximum Gasteiger partial charge on any atom is 0.176 e. The number of aryl methyl sites for hydroxylation is 2. The molecule has 8 heteroatoms. The molecule has 0 bridgehead atoms. The Bertz CT molecular complexity index is 1170. The van der Waals surface area contributed by atoms with Crippen molar-refractivity contribution in [3.05, 3.63) is 92.4 Å². The van der Waals surface area contributed by atoms with Gasteiger partial charge in [0.2, 0.25) is 0 Å². The van der Waals surface area contributed by atoms with E-state index >= 15 is 0 Å². The quantitative estimate of drug-likeness (QED) is 0.285. The van der Waals surface area contributed by atoms with Gasteiger partial charge in [-0.2, -0.15) is 0 Å². The highest BCUT2D eigenvalue weighted by Crippen LogP contribution is 2.25. The van der Waals surface area contributed by atoms with Crippen LogP contribution in [0.5, 0.6) is 0 Å². The van der Waals surface area contributed by atoms with E-state index in [1.807, 2.05) is 41.2 Å². The lowest BCUT2D eigenvalue weighted by molar-refractivity contribution is 0.641. The predicted octanol–water partition coefficient (Wildman–Crippen LogP) is 7.04. The number of hydrogen-bond donors (Lipinski definition) is 0. The molecule has 0 saturated heterocycles. The van der Waals surface area contributed by atoms with Gasteiger partial charge in [-0.15, -0.1) is 0 Å². The highest BCUT2D eigenvalue weighted by Gasteiger charge is 2.14. The second kappa shape index (κ2) is 9.44. The summed E-state index contributed by atoms with van der Waals surface area (Å²) >= 11 is 24.6. The highest BCUT2D eigenvalue weighted by molar-refractivity contribution is 6.35. The molecule has 0 spiro atoms. The monoisotopic (exact) mass is 478 g/mol. The van der Waals surface area contributed by atoms with Crippen LogP contribution in [0.15, 0.2) is 61.2 Å². The van der Waals surface area contributed by atoms with Gasteiger partial charge in [-0.05, 0) is 48.2 Å². The molecule has 0 fully saturated rings. The van der Waals surface area contributed by atoms with Crippen LogP contribution in [0.3, 0.4) is 0 Å². The molecule has 0 N–H and O–H groups in total. The molecule has 4 nitrogen and oxygen atoms in total. The first kappa shape index (κ1) is 21.3. The molecule has 30 heavy (non-hydrogen) atoms. The predicted molar refractivity (Wildman–Crippen MR) is 124 cm³/mol. The lowest BCUT2D eigenvalue weighted by Gasteiger charge is -2.12. The van der Waals surface area contributed by atoms with Crippen molar-refractivity contribution in [1.82, 2.24) is 19.1 Å². The van der Waals surface area contributed by atoms with Gasteiger partial charge in [-0.1, -0.05) is 58.5 Å². The number of hydrogen-bond acceptors (Lipinski definition) is 2.